The summed E-state index contributed by atoms with van der Waals surface area (Å²) in [5.41, 5.74) is 1.51. The highest BCUT2D eigenvalue weighted by molar-refractivity contribution is 7.88. The van der Waals surface area contributed by atoms with E-state index in [2.05, 4.69) is 4.18 Å². The Morgan fingerprint density at radius 3 is 1.57 bits per heavy atom. The second-order valence-electron chi connectivity index (χ2n) is 7.99. The Kier molecular flexibility index (Phi) is 6.13. The van der Waals surface area contributed by atoms with Gasteiger partial charge in [0.15, 0.2) is 0 Å². The van der Waals surface area contributed by atoms with Crippen LogP contribution in [0.25, 0.3) is 32.7 Å². The van der Waals surface area contributed by atoms with Crippen molar-refractivity contribution in [3.8, 4) is 16.9 Å². The van der Waals surface area contributed by atoms with Crippen LogP contribution < -0.4 is 4.18 Å². The maximum atomic E-state index is 13.9. The highest BCUT2D eigenvalue weighted by Crippen LogP contribution is 2.55. The van der Waals surface area contributed by atoms with Crippen LogP contribution in [0, 0.1) is 0 Å². The molecule has 0 heterocycles. The van der Waals surface area contributed by atoms with E-state index in [0.29, 0.717) is 10.9 Å². The van der Waals surface area contributed by atoms with Gasteiger partial charge < -0.3 is 4.18 Å². The predicted octanol–water partition coefficient (Wildman–Crippen LogP) is 7.79. The van der Waals surface area contributed by atoms with Gasteiger partial charge in [0.1, 0.15) is 5.75 Å². The smallest absolute Gasteiger partial charge is 0.378 e. The number of halogens is 9. The molecule has 0 bridgehead atoms. The first-order chi connectivity index (χ1) is 17.0. The van der Waals surface area contributed by atoms with Crippen LogP contribution in [0.15, 0.2) is 78.9 Å². The van der Waals surface area contributed by atoms with Gasteiger partial charge >= 0.3 is 33.4 Å². The molecule has 0 radical (unpaired) electrons. The number of hydrogen-bond acceptors (Lipinski definition) is 3. The lowest BCUT2D eigenvalue weighted by Gasteiger charge is -2.32. The minimum absolute atomic E-state index is 0.174. The van der Waals surface area contributed by atoms with Crippen LogP contribution in [-0.4, -0.2) is 31.7 Å². The lowest BCUT2D eigenvalue weighted by molar-refractivity contribution is -0.382. The molecule has 3 nitrogen and oxygen atoms in total. The molecule has 0 atom stereocenters. The highest BCUT2D eigenvalue weighted by atomic mass is 32.2. The van der Waals surface area contributed by atoms with Gasteiger partial charge in [0.25, 0.3) is 0 Å². The van der Waals surface area contributed by atoms with E-state index in [1.165, 1.54) is 12.1 Å². The van der Waals surface area contributed by atoms with Crippen LogP contribution in [-0.2, 0) is 10.1 Å². The number of alkyl halides is 9. The number of benzene rings is 4. The first kappa shape index (κ1) is 26.6. The third-order valence-corrected chi connectivity index (χ3v) is 6.83. The van der Waals surface area contributed by atoms with Gasteiger partial charge in [-0.05, 0) is 56.9 Å². The second-order valence-corrected chi connectivity index (χ2v) is 9.57. The van der Waals surface area contributed by atoms with E-state index in [0.717, 1.165) is 28.5 Å². The minimum atomic E-state index is -7.37. The summed E-state index contributed by atoms with van der Waals surface area (Å²) in [6.45, 7) is 0. The average molecular weight is 552 g/mol. The predicted molar refractivity (Wildman–Crippen MR) is 117 cm³/mol. The summed E-state index contributed by atoms with van der Waals surface area (Å²) in [7, 11) is -7.02. The zero-order valence-corrected chi connectivity index (χ0v) is 18.9. The summed E-state index contributed by atoms with van der Waals surface area (Å²) >= 11 is 0. The largest absolute Gasteiger partial charge is 0.460 e. The van der Waals surface area contributed by atoms with E-state index in [1.807, 2.05) is 42.5 Å². The number of fused-ring (bicyclic) bond motifs is 2. The standard InChI is InChI=1S/C24H13F9O3S/c25-21(26,23(29,30)31)22(27,28)24(32,33)37(34,35)36-20-10-9-18-12-17(7-8-19(18)13-20)16-6-5-14-3-1-2-4-15(14)11-16/h1-13H. The third kappa shape index (κ3) is 4.34. The van der Waals surface area contributed by atoms with Crippen LogP contribution in [0.3, 0.4) is 0 Å². The monoisotopic (exact) mass is 552 g/mol. The first-order valence-corrected chi connectivity index (χ1v) is 11.6. The lowest BCUT2D eigenvalue weighted by Crippen LogP contribution is -2.63. The number of hydrogen-bond donors (Lipinski definition) is 0. The Labute approximate surface area is 203 Å². The van der Waals surface area contributed by atoms with Gasteiger partial charge in [-0.2, -0.15) is 47.9 Å². The lowest BCUT2D eigenvalue weighted by atomic mass is 9.98. The van der Waals surface area contributed by atoms with E-state index < -0.39 is 39.1 Å². The summed E-state index contributed by atoms with van der Waals surface area (Å²) < 4.78 is 145. The van der Waals surface area contributed by atoms with E-state index in [-0.39, 0.29) is 5.39 Å². The molecule has 0 aliphatic carbocycles. The van der Waals surface area contributed by atoms with Crippen molar-refractivity contribution in [3.05, 3.63) is 78.9 Å². The summed E-state index contributed by atoms with van der Waals surface area (Å²) in [6, 6.07) is 20.6. The molecule has 13 heteroatoms. The molecule has 0 aliphatic heterocycles. The van der Waals surface area contributed by atoms with Gasteiger partial charge in [0.2, 0.25) is 0 Å². The van der Waals surface area contributed by atoms with Crippen molar-refractivity contribution in [1.82, 2.24) is 0 Å². The van der Waals surface area contributed by atoms with Crippen molar-refractivity contribution in [1.29, 1.82) is 0 Å². The van der Waals surface area contributed by atoms with Crippen molar-refractivity contribution in [3.63, 3.8) is 0 Å². The van der Waals surface area contributed by atoms with Crippen molar-refractivity contribution < 1.29 is 52.1 Å². The Morgan fingerprint density at radius 2 is 1.00 bits per heavy atom. The maximum absolute atomic E-state index is 13.9. The summed E-state index contributed by atoms with van der Waals surface area (Å²) in [5, 5.41) is -4.40. The van der Waals surface area contributed by atoms with Crippen LogP contribution in [0.1, 0.15) is 0 Å². The quantitative estimate of drug-likeness (QED) is 0.181. The fourth-order valence-electron chi connectivity index (χ4n) is 3.52. The molecule has 0 unspecified atom stereocenters. The molecule has 0 spiro atoms. The molecule has 4 rings (SSSR count). The third-order valence-electron chi connectivity index (χ3n) is 5.53. The summed E-state index contributed by atoms with van der Waals surface area (Å²) in [6.07, 6.45) is -7.17. The topological polar surface area (TPSA) is 43.4 Å². The van der Waals surface area contributed by atoms with Crippen molar-refractivity contribution >= 4 is 31.7 Å². The number of rotatable bonds is 6. The highest BCUT2D eigenvalue weighted by Gasteiger charge is 2.86. The van der Waals surface area contributed by atoms with E-state index in [9.17, 15) is 47.9 Å². The molecule has 4 aromatic rings. The van der Waals surface area contributed by atoms with Gasteiger partial charge in [-0.1, -0.05) is 54.6 Å². The molecule has 0 saturated carbocycles. The molecule has 4 aromatic carbocycles. The molecular formula is C24H13F9O3S. The van der Waals surface area contributed by atoms with Gasteiger partial charge in [-0.3, -0.25) is 0 Å². The van der Waals surface area contributed by atoms with Crippen molar-refractivity contribution in [2.24, 2.45) is 0 Å². The van der Waals surface area contributed by atoms with E-state index in [1.54, 1.807) is 12.1 Å². The molecule has 0 N–H and O–H groups in total. The first-order valence-electron chi connectivity index (χ1n) is 10.2. The maximum Gasteiger partial charge on any atom is 0.460 e. The van der Waals surface area contributed by atoms with Gasteiger partial charge in [-0.25, -0.2) is 0 Å². The van der Waals surface area contributed by atoms with Crippen LogP contribution in [0.2, 0.25) is 0 Å². The molecule has 0 amide bonds. The molecule has 0 aromatic heterocycles. The summed E-state index contributed by atoms with van der Waals surface area (Å²) in [4.78, 5) is 0. The molecule has 196 valence electrons. The second kappa shape index (κ2) is 8.54. The average Bonchev–Trinajstić information content (AvgIpc) is 2.82. The Morgan fingerprint density at radius 1 is 0.541 bits per heavy atom. The zero-order chi connectivity index (χ0) is 27.4. The molecular weight excluding hydrogens is 539 g/mol. The summed E-state index contributed by atoms with van der Waals surface area (Å²) in [5.74, 6) is -15.7. The Balaban J connectivity index is 1.65. The fraction of sp³-hybridized carbons (Fsp3) is 0.167. The Bertz CT molecular complexity index is 1600. The van der Waals surface area contributed by atoms with Crippen LogP contribution in [0.5, 0.6) is 5.75 Å². The zero-order valence-electron chi connectivity index (χ0n) is 18.0. The van der Waals surface area contributed by atoms with Crippen molar-refractivity contribution in [2.45, 2.75) is 23.3 Å². The normalized spacial score (nSPS) is 13.8. The van der Waals surface area contributed by atoms with Crippen LogP contribution in [0.4, 0.5) is 39.5 Å². The molecule has 0 fully saturated rings. The SMILES string of the molecule is O=S(=O)(Oc1ccc2cc(-c3ccc4ccccc4c3)ccc2c1)C(F)(F)C(F)(F)C(F)(F)C(F)(F)F. The fourth-order valence-corrected chi connectivity index (χ4v) is 4.42. The van der Waals surface area contributed by atoms with Crippen molar-refractivity contribution in [2.75, 3.05) is 0 Å². The van der Waals surface area contributed by atoms with E-state index >= 15 is 0 Å². The Hall–Kier alpha value is -3.48. The molecule has 0 saturated heterocycles. The minimum Gasteiger partial charge on any atom is -0.378 e. The van der Waals surface area contributed by atoms with E-state index in [4.69, 9.17) is 0 Å². The van der Waals surface area contributed by atoms with Gasteiger partial charge in [0.05, 0.1) is 0 Å². The van der Waals surface area contributed by atoms with Crippen LogP contribution >= 0.6 is 0 Å². The van der Waals surface area contributed by atoms with Gasteiger partial charge in [-0.15, -0.1) is 0 Å². The molecule has 0 aliphatic rings. The molecule has 37 heavy (non-hydrogen) atoms. The van der Waals surface area contributed by atoms with Gasteiger partial charge in [0, 0.05) is 0 Å².